The van der Waals surface area contributed by atoms with Gasteiger partial charge in [0.15, 0.2) is 0 Å². The number of amides is 1. The number of anilines is 1. The van der Waals surface area contributed by atoms with Gasteiger partial charge < -0.3 is 5.32 Å². The standard InChI is InChI=1S/C24H30N2O3S/c1-19-13-14-20(2)23(17-19)26(30(28,29)22-11-7-4-8-12-22)18-24(27)25-16-15-21-9-5-3-6-10-21/h4,7-9,11-14,17H,3,5-6,10,15-16,18H2,1-2H3,(H,25,27). The normalized spacial score (nSPS) is 14.1. The molecule has 0 unspecified atom stereocenters. The highest BCUT2D eigenvalue weighted by molar-refractivity contribution is 7.92. The van der Waals surface area contributed by atoms with Gasteiger partial charge in [-0.05, 0) is 75.3 Å². The molecule has 5 nitrogen and oxygen atoms in total. The van der Waals surface area contributed by atoms with E-state index in [-0.39, 0.29) is 17.3 Å². The van der Waals surface area contributed by atoms with Crippen LogP contribution in [-0.4, -0.2) is 27.4 Å². The van der Waals surface area contributed by atoms with E-state index in [1.54, 1.807) is 30.3 Å². The molecule has 0 saturated carbocycles. The number of aryl methyl sites for hydroxylation is 2. The Labute approximate surface area is 179 Å². The van der Waals surface area contributed by atoms with Gasteiger partial charge in [-0.1, -0.05) is 42.0 Å². The molecule has 1 amide bonds. The lowest BCUT2D eigenvalue weighted by Gasteiger charge is -2.26. The second-order valence-corrected chi connectivity index (χ2v) is 9.69. The molecule has 1 aliphatic carbocycles. The van der Waals surface area contributed by atoms with Crippen LogP contribution in [0.4, 0.5) is 5.69 Å². The van der Waals surface area contributed by atoms with Crippen LogP contribution in [0.1, 0.15) is 43.2 Å². The van der Waals surface area contributed by atoms with Gasteiger partial charge in [0.1, 0.15) is 6.54 Å². The molecule has 6 heteroatoms. The van der Waals surface area contributed by atoms with Crippen molar-refractivity contribution < 1.29 is 13.2 Å². The molecular weight excluding hydrogens is 396 g/mol. The van der Waals surface area contributed by atoms with Crippen molar-refractivity contribution in [2.75, 3.05) is 17.4 Å². The zero-order valence-electron chi connectivity index (χ0n) is 17.7. The van der Waals surface area contributed by atoms with Crippen LogP contribution in [0, 0.1) is 13.8 Å². The van der Waals surface area contributed by atoms with Gasteiger partial charge in [-0.2, -0.15) is 0 Å². The summed E-state index contributed by atoms with van der Waals surface area (Å²) in [7, 11) is -3.87. The third-order valence-electron chi connectivity index (χ3n) is 5.41. The number of allylic oxidation sites excluding steroid dienone is 1. The van der Waals surface area contributed by atoms with Gasteiger partial charge in [-0.3, -0.25) is 9.10 Å². The first-order chi connectivity index (χ1) is 14.4. The van der Waals surface area contributed by atoms with Crippen LogP contribution in [0.15, 0.2) is 65.1 Å². The van der Waals surface area contributed by atoms with Crippen molar-refractivity contribution in [2.24, 2.45) is 0 Å². The highest BCUT2D eigenvalue weighted by atomic mass is 32.2. The Hall–Kier alpha value is -2.60. The summed E-state index contributed by atoms with van der Waals surface area (Å²) in [4.78, 5) is 12.9. The fourth-order valence-corrected chi connectivity index (χ4v) is 5.19. The van der Waals surface area contributed by atoms with E-state index in [9.17, 15) is 13.2 Å². The maximum atomic E-state index is 13.4. The largest absolute Gasteiger partial charge is 0.354 e. The Kier molecular flexibility index (Phi) is 7.32. The minimum atomic E-state index is -3.87. The van der Waals surface area contributed by atoms with Gasteiger partial charge in [-0.25, -0.2) is 8.42 Å². The fourth-order valence-electron chi connectivity index (χ4n) is 3.69. The molecule has 2 aromatic rings. The van der Waals surface area contributed by atoms with Crippen LogP contribution in [0.2, 0.25) is 0 Å². The minimum absolute atomic E-state index is 0.172. The molecule has 0 fully saturated rings. The zero-order chi connectivity index (χ0) is 21.6. The van der Waals surface area contributed by atoms with Crippen LogP contribution in [0.25, 0.3) is 0 Å². The van der Waals surface area contributed by atoms with E-state index in [0.29, 0.717) is 12.2 Å². The lowest BCUT2D eigenvalue weighted by Crippen LogP contribution is -2.41. The van der Waals surface area contributed by atoms with Crippen molar-refractivity contribution in [2.45, 2.75) is 50.8 Å². The Balaban J connectivity index is 1.80. The third kappa shape index (κ3) is 5.51. The van der Waals surface area contributed by atoms with Crippen molar-refractivity contribution >= 4 is 21.6 Å². The molecular formula is C24H30N2O3S. The molecule has 3 rings (SSSR count). The Morgan fingerprint density at radius 2 is 1.83 bits per heavy atom. The number of hydrogen-bond acceptors (Lipinski definition) is 3. The number of carbonyl (C=O) groups excluding carboxylic acids is 1. The summed E-state index contributed by atoms with van der Waals surface area (Å²) in [6.07, 6.45) is 7.72. The zero-order valence-corrected chi connectivity index (χ0v) is 18.5. The van der Waals surface area contributed by atoms with Crippen molar-refractivity contribution in [3.63, 3.8) is 0 Å². The SMILES string of the molecule is Cc1ccc(C)c(N(CC(=O)NCCC2=CCCCC2)S(=O)(=O)c2ccccc2)c1. The summed E-state index contributed by atoms with van der Waals surface area (Å²) < 4.78 is 28.0. The Bertz CT molecular complexity index is 1010. The van der Waals surface area contributed by atoms with Crippen molar-refractivity contribution in [1.82, 2.24) is 5.32 Å². The molecule has 160 valence electrons. The number of benzene rings is 2. The summed E-state index contributed by atoms with van der Waals surface area (Å²) in [6.45, 7) is 4.04. The van der Waals surface area contributed by atoms with Crippen LogP contribution in [0.5, 0.6) is 0 Å². The van der Waals surface area contributed by atoms with Crippen molar-refractivity contribution in [3.8, 4) is 0 Å². The highest BCUT2D eigenvalue weighted by Crippen LogP contribution is 2.27. The number of nitrogens with zero attached hydrogens (tertiary/aromatic N) is 1. The average molecular weight is 427 g/mol. The van der Waals surface area contributed by atoms with E-state index in [1.807, 2.05) is 32.0 Å². The first kappa shape index (κ1) is 22.1. The second-order valence-electron chi connectivity index (χ2n) is 7.82. The van der Waals surface area contributed by atoms with Gasteiger partial charge in [0, 0.05) is 6.54 Å². The van der Waals surface area contributed by atoms with E-state index < -0.39 is 10.0 Å². The molecule has 0 spiro atoms. The van der Waals surface area contributed by atoms with Crippen LogP contribution >= 0.6 is 0 Å². The quantitative estimate of drug-likeness (QED) is 0.632. The Morgan fingerprint density at radius 3 is 2.53 bits per heavy atom. The van der Waals surface area contributed by atoms with Crippen molar-refractivity contribution in [1.29, 1.82) is 0 Å². The van der Waals surface area contributed by atoms with E-state index in [0.717, 1.165) is 30.4 Å². The number of hydrogen-bond donors (Lipinski definition) is 1. The number of rotatable bonds is 8. The van der Waals surface area contributed by atoms with Crippen LogP contribution < -0.4 is 9.62 Å². The minimum Gasteiger partial charge on any atom is -0.354 e. The molecule has 30 heavy (non-hydrogen) atoms. The Morgan fingerprint density at radius 1 is 1.07 bits per heavy atom. The predicted molar refractivity (Wildman–Crippen MR) is 121 cm³/mol. The maximum absolute atomic E-state index is 13.4. The first-order valence-corrected chi connectivity index (χ1v) is 11.9. The van der Waals surface area contributed by atoms with Crippen molar-refractivity contribution in [3.05, 3.63) is 71.3 Å². The summed E-state index contributed by atoms with van der Waals surface area (Å²) in [5.41, 5.74) is 3.66. The number of nitrogens with one attached hydrogen (secondary N) is 1. The summed E-state index contributed by atoms with van der Waals surface area (Å²) in [5.74, 6) is -0.299. The molecule has 0 atom stereocenters. The van der Waals surface area contributed by atoms with Gasteiger partial charge in [-0.15, -0.1) is 0 Å². The number of sulfonamides is 1. The van der Waals surface area contributed by atoms with Gasteiger partial charge in [0.05, 0.1) is 10.6 Å². The summed E-state index contributed by atoms with van der Waals surface area (Å²) >= 11 is 0. The first-order valence-electron chi connectivity index (χ1n) is 10.5. The smallest absolute Gasteiger partial charge is 0.264 e. The molecule has 0 heterocycles. The average Bonchev–Trinajstić information content (AvgIpc) is 2.75. The molecule has 0 radical (unpaired) electrons. The maximum Gasteiger partial charge on any atom is 0.264 e. The van der Waals surface area contributed by atoms with E-state index in [4.69, 9.17) is 0 Å². The van der Waals surface area contributed by atoms with Gasteiger partial charge >= 0.3 is 0 Å². The molecule has 0 aliphatic heterocycles. The molecule has 0 bridgehead atoms. The monoisotopic (exact) mass is 426 g/mol. The van der Waals surface area contributed by atoms with Gasteiger partial charge in [0.25, 0.3) is 10.0 Å². The van der Waals surface area contributed by atoms with E-state index in [2.05, 4.69) is 11.4 Å². The lowest BCUT2D eigenvalue weighted by molar-refractivity contribution is -0.119. The fraction of sp³-hybridized carbons (Fsp3) is 0.375. The molecule has 0 saturated heterocycles. The molecule has 0 aromatic heterocycles. The topological polar surface area (TPSA) is 66.5 Å². The molecule has 1 aliphatic rings. The van der Waals surface area contributed by atoms with E-state index in [1.165, 1.54) is 22.7 Å². The lowest BCUT2D eigenvalue weighted by atomic mass is 9.97. The highest BCUT2D eigenvalue weighted by Gasteiger charge is 2.28. The molecule has 1 N–H and O–H groups in total. The van der Waals surface area contributed by atoms with Crippen LogP contribution in [0.3, 0.4) is 0 Å². The molecule has 2 aromatic carbocycles. The third-order valence-corrected chi connectivity index (χ3v) is 7.18. The van der Waals surface area contributed by atoms with Crippen LogP contribution in [-0.2, 0) is 14.8 Å². The second kappa shape index (κ2) is 9.94. The summed E-state index contributed by atoms with van der Waals surface area (Å²) in [6, 6.07) is 13.9. The predicted octanol–water partition coefficient (Wildman–Crippen LogP) is 4.51. The van der Waals surface area contributed by atoms with Gasteiger partial charge in [0.2, 0.25) is 5.91 Å². The number of carbonyl (C=O) groups is 1. The summed E-state index contributed by atoms with van der Waals surface area (Å²) in [5, 5.41) is 2.90. The van der Waals surface area contributed by atoms with E-state index >= 15 is 0 Å².